The molecule has 1 aliphatic rings. The minimum atomic E-state index is -0.795. The van der Waals surface area contributed by atoms with E-state index in [0.29, 0.717) is 41.9 Å². The molecule has 0 unspecified atom stereocenters. The minimum absolute atomic E-state index is 0.0470. The molecular formula is C19H18F2N2O4S. The van der Waals surface area contributed by atoms with Crippen LogP contribution in [0.25, 0.3) is 6.08 Å². The predicted molar refractivity (Wildman–Crippen MR) is 101 cm³/mol. The van der Waals surface area contributed by atoms with Gasteiger partial charge in [0.15, 0.2) is 16.7 Å². The lowest BCUT2D eigenvalue weighted by molar-refractivity contribution is -0.122. The Kier molecular flexibility index (Phi) is 6.37. The molecule has 9 heteroatoms. The van der Waals surface area contributed by atoms with E-state index in [2.05, 4.69) is 5.32 Å². The third-order valence-electron chi connectivity index (χ3n) is 3.93. The summed E-state index contributed by atoms with van der Waals surface area (Å²) in [6.45, 7) is 0.937. The monoisotopic (exact) mass is 408 g/mol. The number of ether oxygens (including phenoxy) is 2. The minimum Gasteiger partial charge on any atom is -0.483 e. The molecule has 2 heterocycles. The molecule has 0 saturated carbocycles. The van der Waals surface area contributed by atoms with Crippen molar-refractivity contribution in [1.29, 1.82) is 0 Å². The fourth-order valence-corrected chi connectivity index (χ4v) is 2.86. The molecule has 1 fully saturated rings. The van der Waals surface area contributed by atoms with Crippen LogP contribution in [0.4, 0.5) is 8.78 Å². The summed E-state index contributed by atoms with van der Waals surface area (Å²) in [5, 5.41) is 3.19. The molecule has 1 aromatic heterocycles. The van der Waals surface area contributed by atoms with Crippen molar-refractivity contribution in [3.8, 4) is 5.75 Å². The highest BCUT2D eigenvalue weighted by molar-refractivity contribution is 7.80. The standard InChI is InChI=1S/C19H18F2N2O4S/c1-25-8-2-7-23-18(24)16(22-19(23)28)10-13-4-5-14(27-13)11-26-17-6-3-12(20)9-15(17)21/h3-6,9-10H,2,7-8,11H2,1H3,(H,22,28)/b16-10+. The van der Waals surface area contributed by atoms with Gasteiger partial charge in [0, 0.05) is 32.4 Å². The number of hydrogen-bond donors (Lipinski definition) is 1. The maximum atomic E-state index is 13.6. The zero-order valence-corrected chi connectivity index (χ0v) is 15.9. The van der Waals surface area contributed by atoms with Gasteiger partial charge in [0.1, 0.15) is 29.6 Å². The predicted octanol–water partition coefficient (Wildman–Crippen LogP) is 3.23. The van der Waals surface area contributed by atoms with Crippen molar-refractivity contribution in [3.63, 3.8) is 0 Å². The van der Waals surface area contributed by atoms with E-state index in [1.807, 2.05) is 0 Å². The summed E-state index contributed by atoms with van der Waals surface area (Å²) in [4.78, 5) is 13.9. The highest BCUT2D eigenvalue weighted by Gasteiger charge is 2.30. The molecule has 0 atom stereocenters. The van der Waals surface area contributed by atoms with Crippen LogP contribution in [0.1, 0.15) is 17.9 Å². The summed E-state index contributed by atoms with van der Waals surface area (Å²) >= 11 is 5.18. The van der Waals surface area contributed by atoms with Crippen molar-refractivity contribution in [3.05, 3.63) is 59.2 Å². The molecule has 1 amide bonds. The number of thiocarbonyl (C=S) groups is 1. The normalized spacial score (nSPS) is 15.4. The van der Waals surface area contributed by atoms with E-state index < -0.39 is 11.6 Å². The van der Waals surface area contributed by atoms with Gasteiger partial charge in [0.05, 0.1) is 0 Å². The number of methoxy groups -OCH3 is 1. The number of nitrogens with zero attached hydrogens (tertiary/aromatic N) is 1. The zero-order valence-electron chi connectivity index (χ0n) is 15.0. The number of halogens is 2. The Morgan fingerprint density at radius 1 is 1.29 bits per heavy atom. The van der Waals surface area contributed by atoms with Crippen LogP contribution >= 0.6 is 12.2 Å². The van der Waals surface area contributed by atoms with Crippen molar-refractivity contribution < 1.29 is 27.5 Å². The first-order chi connectivity index (χ1) is 13.5. The van der Waals surface area contributed by atoms with E-state index in [-0.39, 0.29) is 18.3 Å². The van der Waals surface area contributed by atoms with Gasteiger partial charge >= 0.3 is 0 Å². The summed E-state index contributed by atoms with van der Waals surface area (Å²) < 4.78 is 42.3. The molecule has 1 aromatic carbocycles. The number of nitrogens with one attached hydrogen (secondary N) is 1. The third kappa shape index (κ3) is 4.73. The Hall–Kier alpha value is -2.78. The van der Waals surface area contributed by atoms with Crippen LogP contribution in [0.15, 0.2) is 40.4 Å². The van der Waals surface area contributed by atoms with Crippen LogP contribution in [0.5, 0.6) is 5.75 Å². The lowest BCUT2D eigenvalue weighted by Gasteiger charge is -2.12. The Morgan fingerprint density at radius 2 is 2.11 bits per heavy atom. The average molecular weight is 408 g/mol. The first-order valence-corrected chi connectivity index (χ1v) is 8.89. The maximum absolute atomic E-state index is 13.6. The Bertz CT molecular complexity index is 913. The lowest BCUT2D eigenvalue weighted by atomic mass is 10.3. The highest BCUT2D eigenvalue weighted by Crippen LogP contribution is 2.21. The fourth-order valence-electron chi connectivity index (χ4n) is 2.57. The first kappa shape index (κ1) is 20.0. The molecule has 0 aliphatic carbocycles. The van der Waals surface area contributed by atoms with Gasteiger partial charge in [-0.15, -0.1) is 0 Å². The first-order valence-electron chi connectivity index (χ1n) is 8.48. The van der Waals surface area contributed by atoms with Crippen LogP contribution in [0, 0.1) is 11.6 Å². The molecule has 0 radical (unpaired) electrons. The van der Waals surface area contributed by atoms with E-state index in [1.165, 1.54) is 17.0 Å². The molecule has 2 aromatic rings. The summed E-state index contributed by atoms with van der Waals surface area (Å²) in [5.74, 6) is -0.974. The summed E-state index contributed by atoms with van der Waals surface area (Å²) in [5.41, 5.74) is 0.300. The molecule has 1 N–H and O–H groups in total. The fraction of sp³-hybridized carbons (Fsp3) is 0.263. The molecule has 1 aliphatic heterocycles. The molecule has 0 bridgehead atoms. The maximum Gasteiger partial charge on any atom is 0.276 e. The molecule has 28 heavy (non-hydrogen) atoms. The van der Waals surface area contributed by atoms with Crippen LogP contribution in [-0.2, 0) is 16.1 Å². The Morgan fingerprint density at radius 3 is 2.86 bits per heavy atom. The van der Waals surface area contributed by atoms with Gasteiger partial charge < -0.3 is 19.2 Å². The van der Waals surface area contributed by atoms with Crippen molar-refractivity contribution in [1.82, 2.24) is 10.2 Å². The van der Waals surface area contributed by atoms with Crippen molar-refractivity contribution in [2.24, 2.45) is 0 Å². The van der Waals surface area contributed by atoms with E-state index >= 15 is 0 Å². The van der Waals surface area contributed by atoms with Crippen molar-refractivity contribution in [2.75, 3.05) is 20.3 Å². The quantitative estimate of drug-likeness (QED) is 0.411. The Balaban J connectivity index is 1.62. The Labute approximate surface area is 165 Å². The van der Waals surface area contributed by atoms with Crippen LogP contribution in [0.2, 0.25) is 0 Å². The van der Waals surface area contributed by atoms with E-state index in [0.717, 1.165) is 12.1 Å². The molecule has 6 nitrogen and oxygen atoms in total. The highest BCUT2D eigenvalue weighted by atomic mass is 32.1. The van der Waals surface area contributed by atoms with Crippen molar-refractivity contribution >= 4 is 29.3 Å². The number of rotatable bonds is 8. The van der Waals surface area contributed by atoms with Gasteiger partial charge in [-0.05, 0) is 42.9 Å². The van der Waals surface area contributed by atoms with Crippen LogP contribution < -0.4 is 10.1 Å². The number of hydrogen-bond acceptors (Lipinski definition) is 5. The van der Waals surface area contributed by atoms with Gasteiger partial charge in [-0.1, -0.05) is 0 Å². The summed E-state index contributed by atoms with van der Waals surface area (Å²) in [6, 6.07) is 6.35. The van der Waals surface area contributed by atoms with Crippen LogP contribution in [-0.4, -0.2) is 36.2 Å². The molecular weight excluding hydrogens is 390 g/mol. The molecule has 1 saturated heterocycles. The SMILES string of the molecule is COCCCN1C(=O)/C(=C\c2ccc(COc3ccc(F)cc3F)o2)NC1=S. The smallest absolute Gasteiger partial charge is 0.276 e. The number of amides is 1. The van der Waals surface area contributed by atoms with Gasteiger partial charge in [0.2, 0.25) is 0 Å². The largest absolute Gasteiger partial charge is 0.483 e. The van der Waals surface area contributed by atoms with Gasteiger partial charge in [0.25, 0.3) is 5.91 Å². The number of carbonyl (C=O) groups is 1. The second-order valence-electron chi connectivity index (χ2n) is 5.96. The molecule has 0 spiro atoms. The third-order valence-corrected chi connectivity index (χ3v) is 4.25. The zero-order chi connectivity index (χ0) is 20.1. The summed E-state index contributed by atoms with van der Waals surface area (Å²) in [6.07, 6.45) is 2.20. The average Bonchev–Trinajstić information content (AvgIpc) is 3.20. The van der Waals surface area contributed by atoms with E-state index in [4.69, 9.17) is 26.1 Å². The van der Waals surface area contributed by atoms with Gasteiger partial charge in [-0.2, -0.15) is 0 Å². The second-order valence-corrected chi connectivity index (χ2v) is 6.35. The van der Waals surface area contributed by atoms with E-state index in [1.54, 1.807) is 19.2 Å². The van der Waals surface area contributed by atoms with Crippen LogP contribution in [0.3, 0.4) is 0 Å². The number of carbonyl (C=O) groups excluding carboxylic acids is 1. The van der Waals surface area contributed by atoms with Gasteiger partial charge in [-0.3, -0.25) is 9.69 Å². The topological polar surface area (TPSA) is 63.9 Å². The van der Waals surface area contributed by atoms with E-state index in [9.17, 15) is 13.6 Å². The molecule has 3 rings (SSSR count). The van der Waals surface area contributed by atoms with Gasteiger partial charge in [-0.25, -0.2) is 8.78 Å². The molecule has 148 valence electrons. The second kappa shape index (κ2) is 8.94. The summed E-state index contributed by atoms with van der Waals surface area (Å²) in [7, 11) is 1.59. The van der Waals surface area contributed by atoms with Crippen molar-refractivity contribution in [2.45, 2.75) is 13.0 Å². The number of benzene rings is 1. The lowest BCUT2D eigenvalue weighted by Crippen LogP contribution is -2.32. The number of furan rings is 1.